The van der Waals surface area contributed by atoms with Crippen LogP contribution in [0.5, 0.6) is 5.75 Å². The van der Waals surface area contributed by atoms with Crippen molar-refractivity contribution in [1.82, 2.24) is 15.2 Å². The van der Waals surface area contributed by atoms with E-state index in [2.05, 4.69) is 10.3 Å². The van der Waals surface area contributed by atoms with Crippen molar-refractivity contribution in [3.05, 3.63) is 101 Å². The Hall–Kier alpha value is -6.74. The molecule has 18 heteroatoms. The summed E-state index contributed by atoms with van der Waals surface area (Å²) in [6.07, 6.45) is -2.77. The number of anilines is 3. The Labute approximate surface area is 340 Å². The van der Waals surface area contributed by atoms with Gasteiger partial charge in [0.1, 0.15) is 16.9 Å². The number of carbonyl (C=O) groups is 5. The number of alkyl halides is 3. The highest BCUT2D eigenvalue weighted by Crippen LogP contribution is 2.42. The van der Waals surface area contributed by atoms with Crippen LogP contribution in [0.3, 0.4) is 0 Å². The van der Waals surface area contributed by atoms with Crippen molar-refractivity contribution in [3.8, 4) is 23.1 Å². The number of aromatic nitrogens is 1. The Balaban J connectivity index is 1.05. The molecule has 1 unspecified atom stereocenters. The van der Waals surface area contributed by atoms with E-state index in [-0.39, 0.29) is 35.5 Å². The van der Waals surface area contributed by atoms with Gasteiger partial charge in [-0.1, -0.05) is 6.07 Å². The van der Waals surface area contributed by atoms with Gasteiger partial charge >= 0.3 is 6.18 Å². The minimum atomic E-state index is -5.20. The first-order valence-electron chi connectivity index (χ1n) is 18.2. The standard InChI is InChI=1S/C41H35F4N7O6S/c1-23(8-17-32(54)49-22-53)50-36(55)28-6-4-7-30(33(28)37(50)56)47-18-5-19-58-27-13-9-24(10-14-27)29-15-12-26(21-48-29)52-39(59)51(38(57)40(52,2)3)31-16-11-25(20-46)34(35(31)42)41(43,44)45/h4,6-7,9-16,21-23,47H,5,8,17-19H2,1-3H3,(H,49,53,54). The average Bonchev–Trinajstić information content (AvgIpc) is 3.56. The van der Waals surface area contributed by atoms with Crippen molar-refractivity contribution in [2.24, 2.45) is 0 Å². The van der Waals surface area contributed by atoms with E-state index in [9.17, 15) is 37.1 Å². The minimum absolute atomic E-state index is 0.0282. The Morgan fingerprint density at radius 2 is 1.78 bits per heavy atom. The van der Waals surface area contributed by atoms with E-state index < -0.39 is 64.0 Å². The second kappa shape index (κ2) is 16.6. The lowest BCUT2D eigenvalue weighted by atomic mass is 10.0. The molecule has 3 aromatic carbocycles. The van der Waals surface area contributed by atoms with E-state index in [0.29, 0.717) is 47.3 Å². The third kappa shape index (κ3) is 8.06. The maximum atomic E-state index is 15.4. The number of benzene rings is 3. The fourth-order valence-corrected chi connectivity index (χ4v) is 7.42. The van der Waals surface area contributed by atoms with Crippen molar-refractivity contribution >= 4 is 64.4 Å². The Morgan fingerprint density at radius 3 is 2.42 bits per heavy atom. The van der Waals surface area contributed by atoms with Gasteiger partial charge in [-0.2, -0.15) is 18.4 Å². The summed E-state index contributed by atoms with van der Waals surface area (Å²) in [5, 5.41) is 14.1. The lowest BCUT2D eigenvalue weighted by molar-refractivity contribution is -0.140. The molecular formula is C41H35F4N7O6S. The maximum Gasteiger partial charge on any atom is 0.420 e. The summed E-state index contributed by atoms with van der Waals surface area (Å²) in [4.78, 5) is 69.8. The first kappa shape index (κ1) is 41.9. The first-order chi connectivity index (χ1) is 28.0. The number of nitrogens with zero attached hydrogens (tertiary/aromatic N) is 5. The molecule has 6 rings (SSSR count). The van der Waals surface area contributed by atoms with Crippen LogP contribution < -0.4 is 25.2 Å². The number of ether oxygens (including phenoxy) is 1. The number of pyridine rings is 1. The van der Waals surface area contributed by atoms with Crippen molar-refractivity contribution in [2.45, 2.75) is 57.8 Å². The number of amides is 5. The highest BCUT2D eigenvalue weighted by molar-refractivity contribution is 7.81. The van der Waals surface area contributed by atoms with Gasteiger partial charge < -0.3 is 15.0 Å². The molecule has 0 spiro atoms. The van der Waals surface area contributed by atoms with Crippen LogP contribution in [0.25, 0.3) is 11.3 Å². The molecule has 59 heavy (non-hydrogen) atoms. The average molecular weight is 830 g/mol. The zero-order chi connectivity index (χ0) is 42.8. The van der Waals surface area contributed by atoms with Crippen molar-refractivity contribution in [3.63, 3.8) is 0 Å². The largest absolute Gasteiger partial charge is 0.494 e. The molecule has 2 aliphatic heterocycles. The minimum Gasteiger partial charge on any atom is -0.494 e. The molecule has 5 amide bonds. The second-order valence-electron chi connectivity index (χ2n) is 14.1. The van der Waals surface area contributed by atoms with Crippen LogP contribution in [0.2, 0.25) is 0 Å². The Kier molecular flexibility index (Phi) is 11.8. The summed E-state index contributed by atoms with van der Waals surface area (Å²) in [5.41, 5.74) is -2.27. The van der Waals surface area contributed by atoms with Gasteiger partial charge in [0, 0.05) is 30.3 Å². The first-order valence-corrected chi connectivity index (χ1v) is 18.6. The van der Waals surface area contributed by atoms with Gasteiger partial charge in [0.2, 0.25) is 12.3 Å². The number of imide groups is 2. The number of nitrogens with one attached hydrogen (secondary N) is 2. The number of nitriles is 1. The molecule has 304 valence electrons. The van der Waals surface area contributed by atoms with E-state index in [1.807, 2.05) is 5.32 Å². The zero-order valence-electron chi connectivity index (χ0n) is 31.7. The van der Waals surface area contributed by atoms with Gasteiger partial charge in [-0.15, -0.1) is 0 Å². The Bertz CT molecular complexity index is 2400. The zero-order valence-corrected chi connectivity index (χ0v) is 32.5. The predicted molar refractivity (Wildman–Crippen MR) is 211 cm³/mol. The summed E-state index contributed by atoms with van der Waals surface area (Å²) < 4.78 is 62.4. The van der Waals surface area contributed by atoms with E-state index in [4.69, 9.17) is 22.2 Å². The number of halogens is 4. The SMILES string of the molecule is CC(CCC(=O)NC=O)N1C(=O)c2cccc(NCCCOc3ccc(-c4ccc(N5C(=S)N(c6ccc(C#N)c(C(F)(F)F)c6F)C(=O)C5(C)C)cn4)cc3)c2C1=O. The number of fused-ring (bicyclic) bond motifs is 1. The smallest absolute Gasteiger partial charge is 0.420 e. The van der Waals surface area contributed by atoms with Gasteiger partial charge in [0.05, 0.1) is 52.6 Å². The van der Waals surface area contributed by atoms with Gasteiger partial charge in [-0.05, 0) is 106 Å². The summed E-state index contributed by atoms with van der Waals surface area (Å²) in [7, 11) is 0. The molecule has 0 bridgehead atoms. The maximum absolute atomic E-state index is 15.4. The topological polar surface area (TPSA) is 165 Å². The number of hydrogen-bond acceptors (Lipinski definition) is 10. The summed E-state index contributed by atoms with van der Waals surface area (Å²) in [6, 6.07) is 17.8. The van der Waals surface area contributed by atoms with E-state index in [1.165, 1.54) is 31.0 Å². The van der Waals surface area contributed by atoms with Crippen LogP contribution in [0.15, 0.2) is 72.9 Å². The van der Waals surface area contributed by atoms with E-state index in [0.717, 1.165) is 22.6 Å². The van der Waals surface area contributed by atoms with Crippen molar-refractivity contribution in [2.75, 3.05) is 28.3 Å². The van der Waals surface area contributed by atoms with Crippen LogP contribution >= 0.6 is 12.2 Å². The summed E-state index contributed by atoms with van der Waals surface area (Å²) in [6.45, 7) is 5.39. The van der Waals surface area contributed by atoms with Gasteiger partial charge in [-0.25, -0.2) is 4.39 Å². The van der Waals surface area contributed by atoms with Crippen molar-refractivity contribution in [1.29, 1.82) is 5.26 Å². The lowest BCUT2D eigenvalue weighted by Crippen LogP contribution is -2.44. The fourth-order valence-electron chi connectivity index (χ4n) is 6.90. The third-order valence-corrected chi connectivity index (χ3v) is 10.3. The third-order valence-electron chi connectivity index (χ3n) is 9.89. The van der Waals surface area contributed by atoms with Crippen LogP contribution in [-0.4, -0.2) is 69.8 Å². The fraction of sp³-hybridized carbons (Fsp3) is 0.268. The number of rotatable bonds is 14. The Morgan fingerprint density at radius 1 is 1.05 bits per heavy atom. The molecule has 2 aliphatic rings. The number of thiocarbonyl (C=S) groups is 1. The molecular weight excluding hydrogens is 795 g/mol. The van der Waals surface area contributed by atoms with Gasteiger partial charge in [0.25, 0.3) is 17.7 Å². The molecule has 1 fully saturated rings. The number of carbonyl (C=O) groups excluding carboxylic acids is 5. The van der Waals surface area contributed by atoms with Crippen LogP contribution in [-0.2, 0) is 20.6 Å². The molecule has 4 aromatic rings. The second-order valence-corrected chi connectivity index (χ2v) is 14.4. The molecule has 0 saturated carbocycles. The highest BCUT2D eigenvalue weighted by atomic mass is 32.1. The summed E-state index contributed by atoms with van der Waals surface area (Å²) in [5.74, 6) is -3.41. The molecule has 0 radical (unpaired) electrons. The highest BCUT2D eigenvalue weighted by Gasteiger charge is 2.52. The quantitative estimate of drug-likeness (QED) is 0.0462. The molecule has 13 nitrogen and oxygen atoms in total. The monoisotopic (exact) mass is 829 g/mol. The summed E-state index contributed by atoms with van der Waals surface area (Å²) >= 11 is 5.51. The molecule has 1 atom stereocenters. The predicted octanol–water partition coefficient (Wildman–Crippen LogP) is 6.61. The molecule has 1 saturated heterocycles. The molecule has 1 aromatic heterocycles. The normalized spacial score (nSPS) is 15.3. The lowest BCUT2D eigenvalue weighted by Gasteiger charge is -2.29. The van der Waals surface area contributed by atoms with Crippen LogP contribution in [0, 0.1) is 17.1 Å². The van der Waals surface area contributed by atoms with E-state index in [1.54, 1.807) is 61.5 Å². The van der Waals surface area contributed by atoms with Gasteiger partial charge in [0.15, 0.2) is 10.9 Å². The molecule has 2 N–H and O–H groups in total. The van der Waals surface area contributed by atoms with Crippen LogP contribution in [0.4, 0.5) is 34.6 Å². The van der Waals surface area contributed by atoms with Crippen LogP contribution in [0.1, 0.15) is 71.9 Å². The molecule has 3 heterocycles. The van der Waals surface area contributed by atoms with Gasteiger partial charge in [-0.3, -0.25) is 44.1 Å². The molecule has 0 aliphatic carbocycles. The van der Waals surface area contributed by atoms with Crippen molar-refractivity contribution < 1.29 is 46.3 Å². The van der Waals surface area contributed by atoms with E-state index >= 15 is 4.39 Å². The number of hydrogen-bond donors (Lipinski definition) is 2.